The van der Waals surface area contributed by atoms with Crippen LogP contribution < -0.4 is 5.32 Å². The summed E-state index contributed by atoms with van der Waals surface area (Å²) in [4.78, 5) is 4.79. The van der Waals surface area contributed by atoms with Gasteiger partial charge < -0.3 is 9.73 Å². The van der Waals surface area contributed by atoms with E-state index in [4.69, 9.17) is 9.40 Å². The van der Waals surface area contributed by atoms with Crippen molar-refractivity contribution in [2.24, 2.45) is 0 Å². The number of para-hydroxylation sites is 1. The lowest BCUT2D eigenvalue weighted by atomic mass is 10.0. The molecule has 0 saturated heterocycles. The van der Waals surface area contributed by atoms with Crippen molar-refractivity contribution in [3.8, 4) is 0 Å². The fraction of sp³-hybridized carbons (Fsp3) is 0.188. The third kappa shape index (κ3) is 2.62. The van der Waals surface area contributed by atoms with Crippen LogP contribution in [0.15, 0.2) is 57.8 Å². The van der Waals surface area contributed by atoms with Crippen LogP contribution in [0.2, 0.25) is 0 Å². The molecule has 3 nitrogen and oxygen atoms in total. The van der Waals surface area contributed by atoms with Gasteiger partial charge >= 0.3 is 0 Å². The van der Waals surface area contributed by atoms with Crippen LogP contribution in [0.4, 0.5) is 0 Å². The molecule has 3 rings (SSSR count). The van der Waals surface area contributed by atoms with E-state index >= 15 is 0 Å². The van der Waals surface area contributed by atoms with Crippen LogP contribution in [0.25, 0.3) is 10.9 Å². The molecule has 0 spiro atoms. The predicted molar refractivity (Wildman–Crippen MR) is 83.7 cm³/mol. The second-order valence-electron chi connectivity index (χ2n) is 4.73. The monoisotopic (exact) mass is 330 g/mol. The van der Waals surface area contributed by atoms with Crippen molar-refractivity contribution in [2.75, 3.05) is 7.05 Å². The highest BCUT2D eigenvalue weighted by Crippen LogP contribution is 2.27. The van der Waals surface area contributed by atoms with Crippen LogP contribution in [0, 0.1) is 0 Å². The Hall–Kier alpha value is -1.65. The van der Waals surface area contributed by atoms with Gasteiger partial charge in [0.2, 0.25) is 0 Å². The van der Waals surface area contributed by atoms with Gasteiger partial charge in [-0.1, -0.05) is 18.2 Å². The molecule has 0 aliphatic carbocycles. The molecule has 1 N–H and O–H groups in total. The zero-order chi connectivity index (χ0) is 13.9. The Bertz CT molecular complexity index is 710. The lowest BCUT2D eigenvalue weighted by Crippen LogP contribution is -2.20. The molecule has 3 aromatic rings. The number of nitrogens with one attached hydrogen (secondary N) is 1. The minimum absolute atomic E-state index is 0.145. The third-order valence-electron chi connectivity index (χ3n) is 3.40. The number of benzene rings is 1. The molecule has 0 saturated carbocycles. The van der Waals surface area contributed by atoms with E-state index in [-0.39, 0.29) is 6.04 Å². The minimum atomic E-state index is 0.145. The summed E-state index contributed by atoms with van der Waals surface area (Å²) < 4.78 is 6.16. The van der Waals surface area contributed by atoms with Gasteiger partial charge in [0.1, 0.15) is 0 Å². The maximum Gasteiger partial charge on any atom is 0.0935 e. The van der Waals surface area contributed by atoms with E-state index in [1.54, 1.807) is 12.5 Å². The Morgan fingerprint density at radius 2 is 2.15 bits per heavy atom. The molecule has 2 heterocycles. The topological polar surface area (TPSA) is 38.1 Å². The molecule has 0 radical (unpaired) electrons. The molecule has 1 atom stereocenters. The zero-order valence-corrected chi connectivity index (χ0v) is 12.7. The van der Waals surface area contributed by atoms with Gasteiger partial charge in [0.05, 0.1) is 29.8 Å². The van der Waals surface area contributed by atoms with E-state index in [0.29, 0.717) is 0 Å². The lowest BCUT2D eigenvalue weighted by Gasteiger charge is -2.17. The van der Waals surface area contributed by atoms with Gasteiger partial charge in [-0.15, -0.1) is 0 Å². The quantitative estimate of drug-likeness (QED) is 0.782. The highest BCUT2D eigenvalue weighted by molar-refractivity contribution is 9.10. The van der Waals surface area contributed by atoms with E-state index < -0.39 is 0 Å². The predicted octanol–water partition coefficient (Wildman–Crippen LogP) is 4.09. The number of nitrogens with zero attached hydrogens (tertiary/aromatic N) is 1. The molecular formula is C16H15BrN2O. The van der Waals surface area contributed by atoms with E-state index in [0.717, 1.165) is 33.1 Å². The second-order valence-corrected chi connectivity index (χ2v) is 5.58. The number of furan rings is 1. The van der Waals surface area contributed by atoms with Crippen LogP contribution in [0.1, 0.15) is 17.3 Å². The highest BCUT2D eigenvalue weighted by Gasteiger charge is 2.16. The maximum absolute atomic E-state index is 5.14. The minimum Gasteiger partial charge on any atom is -0.472 e. The molecule has 20 heavy (non-hydrogen) atoms. The summed E-state index contributed by atoms with van der Waals surface area (Å²) in [5.41, 5.74) is 3.19. The number of hydrogen-bond donors (Lipinski definition) is 1. The fourth-order valence-corrected chi connectivity index (χ4v) is 2.94. The zero-order valence-electron chi connectivity index (χ0n) is 11.1. The van der Waals surface area contributed by atoms with Gasteiger partial charge in [-0.25, -0.2) is 4.98 Å². The molecule has 1 unspecified atom stereocenters. The van der Waals surface area contributed by atoms with Crippen molar-refractivity contribution in [1.29, 1.82) is 0 Å². The number of hydrogen-bond acceptors (Lipinski definition) is 3. The van der Waals surface area contributed by atoms with Crippen LogP contribution in [0.3, 0.4) is 0 Å². The molecule has 0 amide bonds. The Morgan fingerprint density at radius 3 is 2.90 bits per heavy atom. The molecule has 4 heteroatoms. The van der Waals surface area contributed by atoms with E-state index in [2.05, 4.69) is 33.4 Å². The summed E-state index contributed by atoms with van der Waals surface area (Å²) in [5.74, 6) is 0. The Kier molecular flexibility index (Phi) is 3.85. The van der Waals surface area contributed by atoms with Crippen molar-refractivity contribution in [3.05, 3.63) is 64.7 Å². The third-order valence-corrected chi connectivity index (χ3v) is 4.04. The molecule has 2 aromatic heterocycles. The van der Waals surface area contributed by atoms with E-state index in [1.807, 2.05) is 31.3 Å². The standard InChI is InChI=1S/C16H15BrN2O/c1-18-15(8-11-6-7-20-10-11)16-13(17)9-12-4-2-3-5-14(12)19-16/h2-7,9-10,15,18H,8H2,1H3. The molecule has 102 valence electrons. The van der Waals surface area contributed by atoms with Crippen LogP contribution in [0.5, 0.6) is 0 Å². The summed E-state index contributed by atoms with van der Waals surface area (Å²) in [6.07, 6.45) is 4.32. The summed E-state index contributed by atoms with van der Waals surface area (Å²) in [7, 11) is 1.95. The van der Waals surface area contributed by atoms with Crippen molar-refractivity contribution in [3.63, 3.8) is 0 Å². The normalized spacial score (nSPS) is 12.7. The number of likely N-dealkylation sites (N-methyl/N-ethyl adjacent to an activating group) is 1. The molecule has 0 aliphatic rings. The van der Waals surface area contributed by atoms with Crippen molar-refractivity contribution < 1.29 is 4.42 Å². The van der Waals surface area contributed by atoms with Crippen molar-refractivity contribution >= 4 is 26.8 Å². The van der Waals surface area contributed by atoms with Gasteiger partial charge in [0.25, 0.3) is 0 Å². The number of fused-ring (bicyclic) bond motifs is 1. The molecule has 0 bridgehead atoms. The summed E-state index contributed by atoms with van der Waals surface area (Å²) in [6, 6.07) is 12.4. The Morgan fingerprint density at radius 1 is 1.30 bits per heavy atom. The first-order chi connectivity index (χ1) is 9.78. The smallest absolute Gasteiger partial charge is 0.0935 e. The average Bonchev–Trinajstić information content (AvgIpc) is 2.97. The van der Waals surface area contributed by atoms with E-state index in [9.17, 15) is 0 Å². The molecule has 0 fully saturated rings. The number of halogens is 1. The second kappa shape index (κ2) is 5.77. The SMILES string of the molecule is CNC(Cc1ccoc1)c1nc2ccccc2cc1Br. The van der Waals surface area contributed by atoms with Crippen LogP contribution in [-0.2, 0) is 6.42 Å². The largest absolute Gasteiger partial charge is 0.472 e. The molecule has 1 aromatic carbocycles. The fourth-order valence-electron chi connectivity index (χ4n) is 2.33. The van der Waals surface area contributed by atoms with Gasteiger partial charge in [-0.2, -0.15) is 0 Å². The molecular weight excluding hydrogens is 316 g/mol. The van der Waals surface area contributed by atoms with Gasteiger partial charge in [-0.05, 0) is 53.2 Å². The Labute approximate surface area is 126 Å². The van der Waals surface area contributed by atoms with Crippen LogP contribution >= 0.6 is 15.9 Å². The highest BCUT2D eigenvalue weighted by atomic mass is 79.9. The number of aromatic nitrogens is 1. The first kappa shape index (κ1) is 13.3. The first-order valence-corrected chi connectivity index (χ1v) is 7.31. The van der Waals surface area contributed by atoms with Crippen molar-refractivity contribution in [2.45, 2.75) is 12.5 Å². The van der Waals surface area contributed by atoms with Gasteiger partial charge in [-0.3, -0.25) is 0 Å². The van der Waals surface area contributed by atoms with Gasteiger partial charge in [0, 0.05) is 9.86 Å². The molecule has 0 aliphatic heterocycles. The number of rotatable bonds is 4. The summed E-state index contributed by atoms with van der Waals surface area (Å²) in [6.45, 7) is 0. The Balaban J connectivity index is 2.00. The van der Waals surface area contributed by atoms with Gasteiger partial charge in [0.15, 0.2) is 0 Å². The summed E-state index contributed by atoms with van der Waals surface area (Å²) >= 11 is 3.64. The maximum atomic E-state index is 5.14. The average molecular weight is 331 g/mol. The van der Waals surface area contributed by atoms with Crippen LogP contribution in [-0.4, -0.2) is 12.0 Å². The lowest BCUT2D eigenvalue weighted by molar-refractivity contribution is 0.547. The van der Waals surface area contributed by atoms with E-state index in [1.165, 1.54) is 0 Å². The summed E-state index contributed by atoms with van der Waals surface area (Å²) in [5, 5.41) is 4.47. The van der Waals surface area contributed by atoms with Crippen molar-refractivity contribution in [1.82, 2.24) is 10.3 Å². The number of pyridine rings is 1. The first-order valence-electron chi connectivity index (χ1n) is 6.51.